The molecule has 2 heterocycles. The van der Waals surface area contributed by atoms with Crippen molar-refractivity contribution >= 4 is 30.1 Å². The number of imide groups is 1. The minimum Gasteiger partial charge on any atom is -0.497 e. The van der Waals surface area contributed by atoms with Gasteiger partial charge in [-0.25, -0.2) is 0 Å². The van der Waals surface area contributed by atoms with Crippen LogP contribution >= 0.6 is 12.4 Å². The molecular formula is C23H26ClN3O5. The van der Waals surface area contributed by atoms with Crippen LogP contribution in [0.2, 0.25) is 0 Å². The lowest BCUT2D eigenvalue weighted by atomic mass is 10.1. The van der Waals surface area contributed by atoms with E-state index in [1.807, 2.05) is 12.1 Å². The highest BCUT2D eigenvalue weighted by Crippen LogP contribution is 2.26. The lowest BCUT2D eigenvalue weighted by Gasteiger charge is -2.26. The number of nitrogens with zero attached hydrogens (tertiary/aromatic N) is 2. The number of ether oxygens (including phenoxy) is 2. The van der Waals surface area contributed by atoms with Crippen LogP contribution in [0, 0.1) is 0 Å². The largest absolute Gasteiger partial charge is 0.497 e. The maximum Gasteiger partial charge on any atom is 0.261 e. The fourth-order valence-corrected chi connectivity index (χ4v) is 3.78. The van der Waals surface area contributed by atoms with E-state index in [1.165, 1.54) is 11.0 Å². The van der Waals surface area contributed by atoms with E-state index in [0.717, 1.165) is 25.2 Å². The topological polar surface area (TPSA) is 88.2 Å². The molecule has 0 spiro atoms. The first-order valence-corrected chi connectivity index (χ1v) is 10.3. The van der Waals surface area contributed by atoms with Crippen molar-refractivity contribution in [2.45, 2.75) is 6.54 Å². The lowest BCUT2D eigenvalue weighted by Crippen LogP contribution is -2.41. The number of morpholine rings is 1. The molecule has 0 unspecified atom stereocenters. The van der Waals surface area contributed by atoms with Gasteiger partial charge in [0, 0.05) is 31.7 Å². The lowest BCUT2D eigenvalue weighted by molar-refractivity contribution is 0.0383. The predicted molar refractivity (Wildman–Crippen MR) is 120 cm³/mol. The summed E-state index contributed by atoms with van der Waals surface area (Å²) in [5.41, 5.74) is 1.73. The van der Waals surface area contributed by atoms with Gasteiger partial charge < -0.3 is 14.8 Å². The number of hydrogen-bond donors (Lipinski definition) is 1. The molecule has 1 N–H and O–H groups in total. The van der Waals surface area contributed by atoms with Gasteiger partial charge in [0.1, 0.15) is 5.75 Å². The Morgan fingerprint density at radius 3 is 2.56 bits per heavy atom. The molecule has 1 fully saturated rings. The molecule has 2 aliphatic heterocycles. The van der Waals surface area contributed by atoms with E-state index in [4.69, 9.17) is 9.47 Å². The fourth-order valence-electron chi connectivity index (χ4n) is 3.78. The van der Waals surface area contributed by atoms with Crippen molar-refractivity contribution in [3.8, 4) is 5.75 Å². The first-order chi connectivity index (χ1) is 15.1. The summed E-state index contributed by atoms with van der Waals surface area (Å²) in [5.74, 6) is -0.361. The molecule has 8 nitrogen and oxygen atoms in total. The minimum absolute atomic E-state index is 0. The summed E-state index contributed by atoms with van der Waals surface area (Å²) in [4.78, 5) is 41.6. The van der Waals surface area contributed by atoms with Crippen molar-refractivity contribution in [3.63, 3.8) is 0 Å². The van der Waals surface area contributed by atoms with E-state index in [9.17, 15) is 14.4 Å². The molecule has 0 radical (unpaired) electrons. The molecule has 0 aliphatic carbocycles. The number of hydrogen-bond acceptors (Lipinski definition) is 6. The van der Waals surface area contributed by atoms with Crippen LogP contribution in [-0.2, 0) is 11.3 Å². The summed E-state index contributed by atoms with van der Waals surface area (Å²) < 4.78 is 10.5. The van der Waals surface area contributed by atoms with E-state index in [0.29, 0.717) is 36.6 Å². The van der Waals surface area contributed by atoms with Gasteiger partial charge in [0.05, 0.1) is 38.0 Å². The van der Waals surface area contributed by atoms with Crippen LogP contribution in [0.1, 0.15) is 36.6 Å². The van der Waals surface area contributed by atoms with Gasteiger partial charge in [-0.05, 0) is 35.9 Å². The number of fused-ring (bicyclic) bond motifs is 1. The molecule has 0 atom stereocenters. The second-order valence-corrected chi connectivity index (χ2v) is 7.52. The summed E-state index contributed by atoms with van der Waals surface area (Å²) in [6.45, 7) is 4.52. The van der Waals surface area contributed by atoms with Crippen LogP contribution in [0.5, 0.6) is 5.75 Å². The van der Waals surface area contributed by atoms with Gasteiger partial charge >= 0.3 is 0 Å². The molecule has 32 heavy (non-hydrogen) atoms. The average Bonchev–Trinajstić information content (AvgIpc) is 3.04. The van der Waals surface area contributed by atoms with Crippen LogP contribution < -0.4 is 10.1 Å². The number of carbonyl (C=O) groups is 3. The van der Waals surface area contributed by atoms with E-state index >= 15 is 0 Å². The number of nitrogens with one attached hydrogen (secondary N) is 1. The third-order valence-electron chi connectivity index (χ3n) is 5.53. The van der Waals surface area contributed by atoms with Gasteiger partial charge in [0.15, 0.2) is 0 Å². The third kappa shape index (κ3) is 5.09. The highest BCUT2D eigenvalue weighted by Gasteiger charge is 2.36. The van der Waals surface area contributed by atoms with Gasteiger partial charge in [-0.3, -0.25) is 24.2 Å². The van der Waals surface area contributed by atoms with Crippen molar-refractivity contribution in [2.24, 2.45) is 0 Å². The second kappa shape index (κ2) is 10.6. The number of benzene rings is 2. The van der Waals surface area contributed by atoms with Crippen LogP contribution in [0.3, 0.4) is 0 Å². The number of rotatable bonds is 7. The summed E-state index contributed by atoms with van der Waals surface area (Å²) in [6.07, 6.45) is 0. The van der Waals surface area contributed by atoms with Gasteiger partial charge in [0.25, 0.3) is 17.7 Å². The maximum absolute atomic E-state index is 12.9. The molecule has 9 heteroatoms. The average molecular weight is 460 g/mol. The van der Waals surface area contributed by atoms with E-state index < -0.39 is 5.91 Å². The number of methoxy groups -OCH3 is 1. The Kier molecular flexibility index (Phi) is 7.84. The molecule has 2 aliphatic rings. The molecule has 170 valence electrons. The summed E-state index contributed by atoms with van der Waals surface area (Å²) in [6, 6.07) is 11.9. The number of carbonyl (C=O) groups excluding carboxylic acids is 3. The molecule has 0 saturated carbocycles. The normalized spacial score (nSPS) is 15.8. The van der Waals surface area contributed by atoms with Crippen LogP contribution in [0.4, 0.5) is 0 Å². The number of amides is 3. The van der Waals surface area contributed by atoms with Gasteiger partial charge in [-0.15, -0.1) is 12.4 Å². The Balaban J connectivity index is 0.00000289. The van der Waals surface area contributed by atoms with Crippen molar-refractivity contribution in [3.05, 3.63) is 64.7 Å². The van der Waals surface area contributed by atoms with Crippen LogP contribution in [0.25, 0.3) is 0 Å². The first-order valence-electron chi connectivity index (χ1n) is 10.3. The third-order valence-corrected chi connectivity index (χ3v) is 5.53. The molecule has 2 aromatic rings. The standard InChI is InChI=1S/C23H25N3O5.ClH/c1-30-18-4-2-3-16(13-18)15-26-22(28)19-6-5-17(14-20(19)23(26)29)21(27)24-7-8-25-9-11-31-12-10-25;/h2-6,13-14H,7-12,15H2,1H3,(H,24,27);1H. The zero-order valence-corrected chi connectivity index (χ0v) is 18.7. The van der Waals surface area contributed by atoms with E-state index in [-0.39, 0.29) is 36.3 Å². The first kappa shape index (κ1) is 23.7. The van der Waals surface area contributed by atoms with Crippen LogP contribution in [0.15, 0.2) is 42.5 Å². The second-order valence-electron chi connectivity index (χ2n) is 7.52. The smallest absolute Gasteiger partial charge is 0.261 e. The molecule has 0 aromatic heterocycles. The van der Waals surface area contributed by atoms with E-state index in [2.05, 4.69) is 10.2 Å². The molecule has 1 saturated heterocycles. The molecular weight excluding hydrogens is 434 g/mol. The molecule has 0 bridgehead atoms. The fraction of sp³-hybridized carbons (Fsp3) is 0.348. The minimum atomic E-state index is -0.397. The highest BCUT2D eigenvalue weighted by molar-refractivity contribution is 6.22. The summed E-state index contributed by atoms with van der Waals surface area (Å²) in [5, 5.41) is 2.88. The number of halogens is 1. The quantitative estimate of drug-likeness (QED) is 0.637. The summed E-state index contributed by atoms with van der Waals surface area (Å²) in [7, 11) is 1.56. The SMILES string of the molecule is COc1cccc(CN2C(=O)c3ccc(C(=O)NCCN4CCOCC4)cc3C2=O)c1.Cl. The van der Waals surface area contributed by atoms with Gasteiger partial charge in [-0.2, -0.15) is 0 Å². The van der Waals surface area contributed by atoms with Gasteiger partial charge in [-0.1, -0.05) is 12.1 Å². The van der Waals surface area contributed by atoms with Crippen LogP contribution in [-0.4, -0.2) is 74.0 Å². The van der Waals surface area contributed by atoms with Gasteiger partial charge in [0.2, 0.25) is 0 Å². The zero-order chi connectivity index (χ0) is 21.8. The summed E-state index contributed by atoms with van der Waals surface area (Å²) >= 11 is 0. The predicted octanol–water partition coefficient (Wildman–Crippen LogP) is 1.98. The zero-order valence-electron chi connectivity index (χ0n) is 17.8. The Morgan fingerprint density at radius 2 is 1.81 bits per heavy atom. The van der Waals surface area contributed by atoms with Crippen molar-refractivity contribution in [1.29, 1.82) is 0 Å². The Morgan fingerprint density at radius 1 is 1.06 bits per heavy atom. The highest BCUT2D eigenvalue weighted by atomic mass is 35.5. The maximum atomic E-state index is 12.9. The van der Waals surface area contributed by atoms with E-state index in [1.54, 1.807) is 31.4 Å². The Hall–Kier alpha value is -2.94. The van der Waals surface area contributed by atoms with Crippen molar-refractivity contribution < 1.29 is 23.9 Å². The monoisotopic (exact) mass is 459 g/mol. The molecule has 4 rings (SSSR count). The Labute approximate surface area is 192 Å². The molecule has 3 amide bonds. The molecule has 2 aromatic carbocycles. The Bertz CT molecular complexity index is 1010. The van der Waals surface area contributed by atoms with Crippen molar-refractivity contribution in [1.82, 2.24) is 15.1 Å². The van der Waals surface area contributed by atoms with Crippen molar-refractivity contribution in [2.75, 3.05) is 46.5 Å².